The molecule has 1 aromatic heterocycles. The summed E-state index contributed by atoms with van der Waals surface area (Å²) in [7, 11) is 0. The molecule has 3 rings (SSSR count). The highest BCUT2D eigenvalue weighted by atomic mass is 15.2. The third-order valence-electron chi connectivity index (χ3n) is 5.33. The van der Waals surface area contributed by atoms with Crippen molar-refractivity contribution in [1.29, 1.82) is 0 Å². The molecule has 0 saturated heterocycles. The molecule has 2 saturated carbocycles. The first-order chi connectivity index (χ1) is 9.70. The minimum atomic E-state index is 0.275. The monoisotopic (exact) mass is 275 g/mol. The van der Waals surface area contributed by atoms with E-state index in [9.17, 15) is 0 Å². The van der Waals surface area contributed by atoms with Crippen LogP contribution < -0.4 is 0 Å². The Morgan fingerprint density at radius 1 is 1.10 bits per heavy atom. The topological polar surface area (TPSA) is 41.6 Å². The van der Waals surface area contributed by atoms with Gasteiger partial charge in [0.05, 0.1) is 0 Å². The summed E-state index contributed by atoms with van der Waals surface area (Å²) < 4.78 is 0. The van der Waals surface area contributed by atoms with Crippen molar-refractivity contribution < 1.29 is 0 Å². The van der Waals surface area contributed by atoms with Crippen molar-refractivity contribution in [2.45, 2.75) is 89.4 Å². The predicted molar refractivity (Wildman–Crippen MR) is 81.8 cm³/mol. The van der Waals surface area contributed by atoms with E-state index in [-0.39, 0.29) is 5.41 Å². The van der Waals surface area contributed by atoms with Crippen LogP contribution in [0.5, 0.6) is 0 Å². The highest BCUT2D eigenvalue weighted by Gasteiger charge is 2.40. The Morgan fingerprint density at radius 3 is 2.45 bits per heavy atom. The molecule has 20 heavy (non-hydrogen) atoms. The summed E-state index contributed by atoms with van der Waals surface area (Å²) in [5.74, 6) is 3.67. The van der Waals surface area contributed by atoms with Gasteiger partial charge in [-0.3, -0.25) is 5.10 Å². The Hall–Kier alpha value is -0.860. The summed E-state index contributed by atoms with van der Waals surface area (Å²) in [5, 5.41) is 7.95. The summed E-state index contributed by atoms with van der Waals surface area (Å²) in [6.07, 6.45) is 13.2. The van der Waals surface area contributed by atoms with E-state index in [1.807, 2.05) is 0 Å². The molecule has 0 unspecified atom stereocenters. The van der Waals surface area contributed by atoms with Crippen LogP contribution in [0.1, 0.15) is 95.6 Å². The molecule has 0 bridgehead atoms. The second-order valence-corrected chi connectivity index (χ2v) is 7.46. The second-order valence-electron chi connectivity index (χ2n) is 7.46. The van der Waals surface area contributed by atoms with Gasteiger partial charge in [-0.05, 0) is 38.0 Å². The van der Waals surface area contributed by atoms with E-state index < -0.39 is 0 Å². The largest absolute Gasteiger partial charge is 0.263 e. The van der Waals surface area contributed by atoms with Gasteiger partial charge in [0, 0.05) is 11.3 Å². The molecular weight excluding hydrogens is 246 g/mol. The van der Waals surface area contributed by atoms with Gasteiger partial charge in [-0.25, -0.2) is 4.98 Å². The smallest absolute Gasteiger partial charge is 0.156 e. The lowest BCUT2D eigenvalue weighted by Crippen LogP contribution is -2.26. The Kier molecular flexibility index (Phi) is 4.13. The fraction of sp³-hybridized carbons (Fsp3) is 0.882. The van der Waals surface area contributed by atoms with E-state index in [0.717, 1.165) is 11.7 Å². The standard InChI is InChI=1S/C17H29N3/c1-13(2)12-17(10-6-7-11-17)16-18-15(19-20-16)14-8-4-3-5-9-14/h13-14H,3-12H2,1-2H3,(H,18,19,20). The third-order valence-corrected chi connectivity index (χ3v) is 5.33. The second kappa shape index (κ2) is 5.87. The molecule has 2 aliphatic rings. The fourth-order valence-electron chi connectivity index (χ4n) is 4.42. The number of rotatable bonds is 4. The van der Waals surface area contributed by atoms with Crippen molar-refractivity contribution in [2.75, 3.05) is 0 Å². The first kappa shape index (κ1) is 14.1. The van der Waals surface area contributed by atoms with E-state index in [1.165, 1.54) is 70.0 Å². The van der Waals surface area contributed by atoms with Crippen molar-refractivity contribution in [2.24, 2.45) is 5.92 Å². The van der Waals surface area contributed by atoms with Crippen molar-refractivity contribution in [3.63, 3.8) is 0 Å². The first-order valence-corrected chi connectivity index (χ1v) is 8.62. The van der Waals surface area contributed by atoms with Crippen LogP contribution in [0.2, 0.25) is 0 Å². The molecule has 0 aromatic carbocycles. The minimum Gasteiger partial charge on any atom is -0.263 e. The molecule has 3 nitrogen and oxygen atoms in total. The third kappa shape index (κ3) is 2.77. The lowest BCUT2D eigenvalue weighted by Gasteiger charge is -2.27. The van der Waals surface area contributed by atoms with E-state index >= 15 is 0 Å². The van der Waals surface area contributed by atoms with Gasteiger partial charge >= 0.3 is 0 Å². The van der Waals surface area contributed by atoms with Crippen LogP contribution in [0, 0.1) is 5.92 Å². The van der Waals surface area contributed by atoms with Gasteiger partial charge in [-0.15, -0.1) is 0 Å². The van der Waals surface area contributed by atoms with Gasteiger partial charge < -0.3 is 0 Å². The van der Waals surface area contributed by atoms with Gasteiger partial charge in [0.1, 0.15) is 5.82 Å². The molecule has 0 atom stereocenters. The minimum absolute atomic E-state index is 0.275. The molecule has 2 aliphatic carbocycles. The highest BCUT2D eigenvalue weighted by Crippen LogP contribution is 2.44. The number of aromatic amines is 1. The SMILES string of the molecule is CC(C)CC1(c2n[nH]c(C3CCCCC3)n2)CCCC1. The van der Waals surface area contributed by atoms with Crippen LogP contribution in [0.15, 0.2) is 0 Å². The van der Waals surface area contributed by atoms with Crippen LogP contribution in [0.3, 0.4) is 0 Å². The van der Waals surface area contributed by atoms with E-state index in [2.05, 4.69) is 24.0 Å². The summed E-state index contributed by atoms with van der Waals surface area (Å²) in [4.78, 5) is 4.97. The highest BCUT2D eigenvalue weighted by molar-refractivity contribution is 5.12. The molecule has 0 spiro atoms. The van der Waals surface area contributed by atoms with E-state index in [4.69, 9.17) is 4.98 Å². The number of hydrogen-bond donors (Lipinski definition) is 1. The van der Waals surface area contributed by atoms with Gasteiger partial charge in [0.25, 0.3) is 0 Å². The quantitative estimate of drug-likeness (QED) is 0.864. The molecule has 2 fully saturated rings. The summed E-state index contributed by atoms with van der Waals surface area (Å²) >= 11 is 0. The molecular formula is C17H29N3. The maximum atomic E-state index is 4.97. The number of hydrogen-bond acceptors (Lipinski definition) is 2. The normalized spacial score (nSPS) is 23.6. The van der Waals surface area contributed by atoms with Crippen molar-refractivity contribution in [3.8, 4) is 0 Å². The lowest BCUT2D eigenvalue weighted by atomic mass is 9.78. The Morgan fingerprint density at radius 2 is 1.80 bits per heavy atom. The average Bonchev–Trinajstić information content (AvgIpc) is 3.08. The van der Waals surface area contributed by atoms with Crippen LogP contribution in [0.25, 0.3) is 0 Å². The lowest BCUT2D eigenvalue weighted by molar-refractivity contribution is 0.329. The Labute approximate surface area is 123 Å². The molecule has 1 heterocycles. The number of H-pyrrole nitrogens is 1. The number of aromatic nitrogens is 3. The molecule has 1 aromatic rings. The van der Waals surface area contributed by atoms with Crippen LogP contribution in [-0.2, 0) is 5.41 Å². The van der Waals surface area contributed by atoms with Crippen molar-refractivity contribution in [1.82, 2.24) is 15.2 Å². The Balaban J connectivity index is 1.79. The zero-order chi connectivity index (χ0) is 14.0. The molecule has 112 valence electrons. The van der Waals surface area contributed by atoms with E-state index in [1.54, 1.807) is 0 Å². The van der Waals surface area contributed by atoms with Crippen LogP contribution in [-0.4, -0.2) is 15.2 Å². The first-order valence-electron chi connectivity index (χ1n) is 8.62. The molecule has 3 heteroatoms. The average molecular weight is 275 g/mol. The zero-order valence-corrected chi connectivity index (χ0v) is 13.1. The van der Waals surface area contributed by atoms with Gasteiger partial charge in [0.15, 0.2) is 5.82 Å². The summed E-state index contributed by atoms with van der Waals surface area (Å²) in [6, 6.07) is 0. The Bertz CT molecular complexity index is 423. The number of nitrogens with zero attached hydrogens (tertiary/aromatic N) is 2. The number of nitrogens with one attached hydrogen (secondary N) is 1. The summed E-state index contributed by atoms with van der Waals surface area (Å²) in [6.45, 7) is 4.66. The predicted octanol–water partition coefficient (Wildman–Crippen LogP) is 4.71. The summed E-state index contributed by atoms with van der Waals surface area (Å²) in [5.41, 5.74) is 0.275. The van der Waals surface area contributed by atoms with Gasteiger partial charge in [-0.1, -0.05) is 46.0 Å². The van der Waals surface area contributed by atoms with E-state index in [0.29, 0.717) is 5.92 Å². The van der Waals surface area contributed by atoms with Crippen LogP contribution >= 0.6 is 0 Å². The molecule has 0 aliphatic heterocycles. The van der Waals surface area contributed by atoms with Crippen molar-refractivity contribution >= 4 is 0 Å². The van der Waals surface area contributed by atoms with Crippen molar-refractivity contribution in [3.05, 3.63) is 11.6 Å². The maximum Gasteiger partial charge on any atom is 0.156 e. The van der Waals surface area contributed by atoms with Crippen LogP contribution in [0.4, 0.5) is 0 Å². The zero-order valence-electron chi connectivity index (χ0n) is 13.1. The molecule has 1 N–H and O–H groups in total. The van der Waals surface area contributed by atoms with Gasteiger partial charge in [0.2, 0.25) is 0 Å². The molecule has 0 amide bonds. The van der Waals surface area contributed by atoms with Gasteiger partial charge in [-0.2, -0.15) is 5.10 Å². The fourth-order valence-corrected chi connectivity index (χ4v) is 4.42. The maximum absolute atomic E-state index is 4.97. The molecule has 0 radical (unpaired) electrons.